The van der Waals surface area contributed by atoms with Crippen LogP contribution >= 0.6 is 11.3 Å². The van der Waals surface area contributed by atoms with Gasteiger partial charge in [-0.25, -0.2) is 4.98 Å². The molecule has 2 fully saturated rings. The van der Waals surface area contributed by atoms with E-state index in [2.05, 4.69) is 21.0 Å². The minimum absolute atomic E-state index is 0.127. The molecule has 4 heterocycles. The Bertz CT molecular complexity index is 1020. The molecular weight excluding hydrogens is 392 g/mol. The minimum Gasteiger partial charge on any atom is -0.497 e. The van der Waals surface area contributed by atoms with Crippen LogP contribution in [0.2, 0.25) is 0 Å². The topological polar surface area (TPSA) is 81.4 Å². The summed E-state index contributed by atoms with van der Waals surface area (Å²) in [5, 5.41) is 15.3. The highest BCUT2D eigenvalue weighted by molar-refractivity contribution is 7.17. The predicted octanol–water partition coefficient (Wildman–Crippen LogP) is 2.74. The molecule has 3 aromatic rings. The van der Waals surface area contributed by atoms with Crippen LogP contribution in [0.25, 0.3) is 4.96 Å². The number of aromatic hydroxyl groups is 1. The number of likely N-dealkylation sites (tertiary alicyclic amines) is 1. The van der Waals surface area contributed by atoms with Crippen LogP contribution in [0.3, 0.4) is 0 Å². The Balaban J connectivity index is 1.54. The summed E-state index contributed by atoms with van der Waals surface area (Å²) in [6, 6.07) is 7.88. The van der Waals surface area contributed by atoms with Gasteiger partial charge < -0.3 is 19.3 Å². The molecule has 1 spiro atoms. The molecule has 5 rings (SSSR count). The molecule has 0 saturated carbocycles. The van der Waals surface area contributed by atoms with Crippen molar-refractivity contribution >= 4 is 16.3 Å². The lowest BCUT2D eigenvalue weighted by Gasteiger charge is -2.41. The van der Waals surface area contributed by atoms with E-state index < -0.39 is 5.79 Å². The zero-order chi connectivity index (χ0) is 20.0. The van der Waals surface area contributed by atoms with E-state index in [1.807, 2.05) is 25.1 Å². The Morgan fingerprint density at radius 1 is 1.24 bits per heavy atom. The highest BCUT2D eigenvalue weighted by Crippen LogP contribution is 2.43. The van der Waals surface area contributed by atoms with Crippen molar-refractivity contribution in [2.24, 2.45) is 0 Å². The molecule has 9 heteroatoms. The summed E-state index contributed by atoms with van der Waals surface area (Å²) in [5.41, 5.74) is 1.06. The molecule has 1 aromatic carbocycles. The summed E-state index contributed by atoms with van der Waals surface area (Å²) >= 11 is 1.47. The SMILES string of the molecule is COc1cccc([C@H](c2sc3nc(C)nn3c2O)N2CCC3(CC2)OCCO3)c1. The summed E-state index contributed by atoms with van der Waals surface area (Å²) in [5.74, 6) is 1.14. The largest absolute Gasteiger partial charge is 0.497 e. The predicted molar refractivity (Wildman–Crippen MR) is 108 cm³/mol. The molecule has 154 valence electrons. The van der Waals surface area contributed by atoms with E-state index in [4.69, 9.17) is 14.2 Å². The lowest BCUT2D eigenvalue weighted by molar-refractivity contribution is -0.187. The second-order valence-electron chi connectivity index (χ2n) is 7.47. The Morgan fingerprint density at radius 2 is 2.00 bits per heavy atom. The molecule has 0 aliphatic carbocycles. The third kappa shape index (κ3) is 3.28. The number of fused-ring (bicyclic) bond motifs is 1. The Morgan fingerprint density at radius 3 is 2.69 bits per heavy atom. The van der Waals surface area contributed by atoms with Crippen LogP contribution < -0.4 is 4.74 Å². The maximum Gasteiger partial charge on any atom is 0.230 e. The van der Waals surface area contributed by atoms with E-state index in [1.165, 1.54) is 15.9 Å². The first-order chi connectivity index (χ1) is 14.1. The van der Waals surface area contributed by atoms with Crippen molar-refractivity contribution in [1.29, 1.82) is 0 Å². The quantitative estimate of drug-likeness (QED) is 0.700. The monoisotopic (exact) mass is 416 g/mol. The van der Waals surface area contributed by atoms with Gasteiger partial charge in [-0.3, -0.25) is 4.90 Å². The third-order valence-corrected chi connectivity index (χ3v) is 6.77. The van der Waals surface area contributed by atoms with E-state index in [1.54, 1.807) is 7.11 Å². The van der Waals surface area contributed by atoms with Gasteiger partial charge in [0.05, 0.1) is 31.2 Å². The first-order valence-electron chi connectivity index (χ1n) is 9.79. The van der Waals surface area contributed by atoms with Gasteiger partial charge >= 0.3 is 0 Å². The Labute approximate surface area is 172 Å². The van der Waals surface area contributed by atoms with E-state index in [0.717, 1.165) is 42.1 Å². The normalized spacial score (nSPS) is 20.5. The molecule has 2 saturated heterocycles. The van der Waals surface area contributed by atoms with Crippen LogP contribution in [0.5, 0.6) is 11.6 Å². The molecule has 1 atom stereocenters. The van der Waals surface area contributed by atoms with E-state index in [9.17, 15) is 5.11 Å². The van der Waals surface area contributed by atoms with E-state index in [0.29, 0.717) is 24.0 Å². The fourth-order valence-corrected chi connectivity index (χ4v) is 5.44. The number of piperidine rings is 1. The average Bonchev–Trinajstić information content (AvgIpc) is 3.41. The highest BCUT2D eigenvalue weighted by Gasteiger charge is 2.42. The average molecular weight is 417 g/mol. The van der Waals surface area contributed by atoms with Gasteiger partial charge in [0.1, 0.15) is 11.6 Å². The molecular formula is C20H24N4O4S. The second kappa shape index (κ2) is 7.24. The summed E-state index contributed by atoms with van der Waals surface area (Å²) < 4.78 is 18.8. The van der Waals surface area contributed by atoms with Gasteiger partial charge in [-0.15, -0.1) is 5.10 Å². The maximum absolute atomic E-state index is 11.0. The van der Waals surface area contributed by atoms with Crippen LogP contribution in [0.4, 0.5) is 0 Å². The number of rotatable bonds is 4. The van der Waals surface area contributed by atoms with Crippen molar-refractivity contribution in [2.45, 2.75) is 31.6 Å². The van der Waals surface area contributed by atoms with Gasteiger partial charge in [0.2, 0.25) is 10.8 Å². The second-order valence-corrected chi connectivity index (χ2v) is 8.48. The van der Waals surface area contributed by atoms with Crippen molar-refractivity contribution in [1.82, 2.24) is 19.5 Å². The number of hydrogen-bond donors (Lipinski definition) is 1. The summed E-state index contributed by atoms with van der Waals surface area (Å²) in [6.45, 7) is 4.74. The molecule has 2 aliphatic rings. The zero-order valence-electron chi connectivity index (χ0n) is 16.5. The molecule has 8 nitrogen and oxygen atoms in total. The van der Waals surface area contributed by atoms with E-state index >= 15 is 0 Å². The van der Waals surface area contributed by atoms with Crippen LogP contribution in [0.1, 0.15) is 35.1 Å². The number of ether oxygens (including phenoxy) is 3. The minimum atomic E-state index is -0.444. The summed E-state index contributed by atoms with van der Waals surface area (Å²) in [4.78, 5) is 8.32. The molecule has 0 radical (unpaired) electrons. The fraction of sp³-hybridized carbons (Fsp3) is 0.500. The maximum atomic E-state index is 11.0. The number of hydrogen-bond acceptors (Lipinski definition) is 8. The smallest absolute Gasteiger partial charge is 0.230 e. The van der Waals surface area contributed by atoms with Gasteiger partial charge in [-0.2, -0.15) is 4.52 Å². The number of aromatic nitrogens is 3. The lowest BCUT2D eigenvalue weighted by Crippen LogP contribution is -2.46. The van der Waals surface area contributed by atoms with Crippen molar-refractivity contribution < 1.29 is 19.3 Å². The third-order valence-electron chi connectivity index (χ3n) is 5.70. The van der Waals surface area contributed by atoms with Crippen molar-refractivity contribution in [3.63, 3.8) is 0 Å². The highest BCUT2D eigenvalue weighted by atomic mass is 32.1. The van der Waals surface area contributed by atoms with Crippen LogP contribution in [-0.2, 0) is 9.47 Å². The number of methoxy groups -OCH3 is 1. The summed E-state index contributed by atoms with van der Waals surface area (Å²) in [7, 11) is 1.66. The molecule has 29 heavy (non-hydrogen) atoms. The van der Waals surface area contributed by atoms with Crippen LogP contribution in [0, 0.1) is 6.92 Å². The zero-order valence-corrected chi connectivity index (χ0v) is 17.3. The summed E-state index contributed by atoms with van der Waals surface area (Å²) in [6.07, 6.45) is 1.60. The van der Waals surface area contributed by atoms with Gasteiger partial charge in [-0.05, 0) is 24.6 Å². The Hall–Kier alpha value is -2.20. The molecule has 0 amide bonds. The standard InChI is InChI=1S/C20H24N4O4S/c1-13-21-19-24(22-13)18(25)17(29-19)16(14-4-3-5-15(12-14)26-2)23-8-6-20(7-9-23)27-10-11-28-20/h3-5,12,16,25H,6-11H2,1-2H3/t16-/m1/s1. The fourth-order valence-electron chi connectivity index (χ4n) is 4.27. The van der Waals surface area contributed by atoms with Crippen molar-refractivity contribution in [3.05, 3.63) is 40.5 Å². The van der Waals surface area contributed by atoms with Gasteiger partial charge in [-0.1, -0.05) is 23.5 Å². The van der Waals surface area contributed by atoms with Crippen LogP contribution in [0.15, 0.2) is 24.3 Å². The first-order valence-corrected chi connectivity index (χ1v) is 10.6. The molecule has 1 N–H and O–H groups in total. The van der Waals surface area contributed by atoms with Gasteiger partial charge in [0, 0.05) is 25.9 Å². The van der Waals surface area contributed by atoms with Crippen molar-refractivity contribution in [2.75, 3.05) is 33.4 Å². The number of nitrogens with zero attached hydrogens (tertiary/aromatic N) is 4. The molecule has 2 aliphatic heterocycles. The van der Waals surface area contributed by atoms with Gasteiger partial charge in [0.25, 0.3) is 0 Å². The molecule has 0 bridgehead atoms. The van der Waals surface area contributed by atoms with Gasteiger partial charge in [0.15, 0.2) is 5.79 Å². The number of thiazole rings is 1. The van der Waals surface area contributed by atoms with Crippen molar-refractivity contribution in [3.8, 4) is 11.6 Å². The number of benzene rings is 1. The number of aryl methyl sites for hydroxylation is 1. The molecule has 0 unspecified atom stereocenters. The Kier molecular flexibility index (Phi) is 4.70. The van der Waals surface area contributed by atoms with E-state index in [-0.39, 0.29) is 11.9 Å². The lowest BCUT2D eigenvalue weighted by atomic mass is 9.97. The first kappa shape index (κ1) is 18.8. The molecule has 2 aromatic heterocycles. The van der Waals surface area contributed by atoms with Crippen LogP contribution in [-0.4, -0.2) is 63.8 Å².